The summed E-state index contributed by atoms with van der Waals surface area (Å²) in [5.41, 5.74) is 1.09. The Balaban J connectivity index is 2.47. The van der Waals surface area contributed by atoms with Gasteiger partial charge in [-0.15, -0.1) is 0 Å². The van der Waals surface area contributed by atoms with Crippen molar-refractivity contribution in [2.45, 2.75) is 6.61 Å². The van der Waals surface area contributed by atoms with Gasteiger partial charge >= 0.3 is 5.97 Å². The minimum absolute atomic E-state index is 0.166. The maximum atomic E-state index is 11.6. The van der Waals surface area contributed by atoms with E-state index in [9.17, 15) is 4.79 Å². The summed E-state index contributed by atoms with van der Waals surface area (Å²) in [6, 6.07) is 10.4. The van der Waals surface area contributed by atoms with Crippen LogP contribution in [0.25, 0.3) is 11.3 Å². The van der Waals surface area contributed by atoms with Gasteiger partial charge in [-0.05, 0) is 18.2 Å². The van der Waals surface area contributed by atoms with Gasteiger partial charge in [0, 0.05) is 5.56 Å². The number of carbonyl (C=O) groups excluding carboxylic acids is 1. The molecule has 4 nitrogen and oxygen atoms in total. The monoisotopic (exact) mass is 232 g/mol. The summed E-state index contributed by atoms with van der Waals surface area (Å²) >= 11 is 0. The lowest BCUT2D eigenvalue weighted by Gasteiger charge is -2.04. The lowest BCUT2D eigenvalue weighted by atomic mass is 10.1. The number of aliphatic hydroxyl groups is 1. The lowest BCUT2D eigenvalue weighted by molar-refractivity contribution is 0.0601. The molecule has 0 fully saturated rings. The minimum atomic E-state index is -0.414. The quantitative estimate of drug-likeness (QED) is 0.824. The summed E-state index contributed by atoms with van der Waals surface area (Å²) in [7, 11) is 1.33. The fraction of sp³-hybridized carbons (Fsp3) is 0.154. The predicted molar refractivity (Wildman–Crippen MR) is 61.4 cm³/mol. The summed E-state index contributed by atoms with van der Waals surface area (Å²) in [5, 5.41) is 8.94. The summed E-state index contributed by atoms with van der Waals surface area (Å²) in [6.45, 7) is -0.166. The van der Waals surface area contributed by atoms with Crippen molar-refractivity contribution in [3.63, 3.8) is 0 Å². The van der Waals surface area contributed by atoms with Crippen LogP contribution in [0.5, 0.6) is 0 Å². The van der Waals surface area contributed by atoms with Crippen molar-refractivity contribution in [3.8, 4) is 11.3 Å². The SMILES string of the molecule is COC(=O)c1ccccc1-c1ccc(CO)o1. The molecule has 1 aromatic carbocycles. The molecule has 0 saturated heterocycles. The number of esters is 1. The van der Waals surface area contributed by atoms with Crippen LogP contribution in [0.4, 0.5) is 0 Å². The van der Waals surface area contributed by atoms with Crippen LogP contribution >= 0.6 is 0 Å². The Bertz CT molecular complexity index is 528. The van der Waals surface area contributed by atoms with E-state index in [0.717, 1.165) is 0 Å². The Morgan fingerprint density at radius 2 is 2.06 bits per heavy atom. The molecule has 0 aliphatic heterocycles. The maximum absolute atomic E-state index is 11.6. The Morgan fingerprint density at radius 1 is 1.29 bits per heavy atom. The first-order valence-corrected chi connectivity index (χ1v) is 5.13. The minimum Gasteiger partial charge on any atom is -0.465 e. The van der Waals surface area contributed by atoms with Crippen LogP contribution in [0.1, 0.15) is 16.1 Å². The molecule has 4 heteroatoms. The number of aliphatic hydroxyl groups excluding tert-OH is 1. The van der Waals surface area contributed by atoms with Gasteiger partial charge in [-0.25, -0.2) is 4.79 Å². The second kappa shape index (κ2) is 4.84. The highest BCUT2D eigenvalue weighted by Crippen LogP contribution is 2.26. The third-order valence-electron chi connectivity index (χ3n) is 2.42. The summed E-state index contributed by atoms with van der Waals surface area (Å²) in [6.07, 6.45) is 0. The van der Waals surface area contributed by atoms with Gasteiger partial charge in [0.1, 0.15) is 18.1 Å². The number of benzene rings is 1. The number of hydrogen-bond acceptors (Lipinski definition) is 4. The van der Waals surface area contributed by atoms with Crippen molar-refractivity contribution in [2.75, 3.05) is 7.11 Å². The van der Waals surface area contributed by atoms with Crippen molar-refractivity contribution < 1.29 is 19.1 Å². The average Bonchev–Trinajstić information content (AvgIpc) is 2.86. The molecule has 0 bridgehead atoms. The lowest BCUT2D eigenvalue weighted by Crippen LogP contribution is -2.02. The molecule has 1 heterocycles. The van der Waals surface area contributed by atoms with E-state index in [4.69, 9.17) is 14.3 Å². The molecule has 0 radical (unpaired) electrons. The van der Waals surface area contributed by atoms with E-state index in [2.05, 4.69) is 0 Å². The molecule has 17 heavy (non-hydrogen) atoms. The van der Waals surface area contributed by atoms with Crippen molar-refractivity contribution in [1.82, 2.24) is 0 Å². The van der Waals surface area contributed by atoms with Gasteiger partial charge in [0.05, 0.1) is 12.7 Å². The van der Waals surface area contributed by atoms with Gasteiger partial charge in [0.15, 0.2) is 0 Å². The molecule has 1 N–H and O–H groups in total. The Labute approximate surface area is 98.4 Å². The fourth-order valence-electron chi connectivity index (χ4n) is 1.59. The molecule has 0 atom stereocenters. The highest BCUT2D eigenvalue weighted by molar-refractivity contribution is 5.96. The smallest absolute Gasteiger partial charge is 0.338 e. The molecule has 0 amide bonds. The van der Waals surface area contributed by atoms with Gasteiger partial charge in [-0.1, -0.05) is 18.2 Å². The number of ether oxygens (including phenoxy) is 1. The first-order chi connectivity index (χ1) is 8.26. The Kier molecular flexibility index (Phi) is 3.25. The zero-order chi connectivity index (χ0) is 12.3. The average molecular weight is 232 g/mol. The Hall–Kier alpha value is -2.07. The summed E-state index contributed by atoms with van der Waals surface area (Å²) in [4.78, 5) is 11.6. The van der Waals surface area contributed by atoms with Crippen LogP contribution in [-0.2, 0) is 11.3 Å². The van der Waals surface area contributed by atoms with Crippen molar-refractivity contribution in [1.29, 1.82) is 0 Å². The van der Waals surface area contributed by atoms with E-state index in [1.165, 1.54) is 7.11 Å². The molecule has 2 rings (SSSR count). The summed E-state index contributed by atoms with van der Waals surface area (Å²) < 4.78 is 10.1. The molecule has 0 aliphatic rings. The standard InChI is InChI=1S/C13H12O4/c1-16-13(15)11-5-3-2-4-10(11)12-7-6-9(8-14)17-12/h2-7,14H,8H2,1H3. The topological polar surface area (TPSA) is 59.7 Å². The van der Waals surface area contributed by atoms with Crippen LogP contribution in [0.15, 0.2) is 40.8 Å². The van der Waals surface area contributed by atoms with Gasteiger partial charge < -0.3 is 14.3 Å². The highest BCUT2D eigenvalue weighted by atomic mass is 16.5. The van der Waals surface area contributed by atoms with Crippen molar-refractivity contribution >= 4 is 5.97 Å². The van der Waals surface area contributed by atoms with E-state index in [0.29, 0.717) is 22.6 Å². The third kappa shape index (κ3) is 2.21. The van der Waals surface area contributed by atoms with E-state index in [1.807, 2.05) is 6.07 Å². The molecule has 2 aromatic rings. The molecular formula is C13H12O4. The second-order valence-electron chi connectivity index (χ2n) is 3.46. The van der Waals surface area contributed by atoms with E-state index in [1.54, 1.807) is 30.3 Å². The third-order valence-corrected chi connectivity index (χ3v) is 2.42. The predicted octanol–water partition coefficient (Wildman–Crippen LogP) is 2.23. The van der Waals surface area contributed by atoms with Crippen LogP contribution in [0.2, 0.25) is 0 Å². The molecular weight excluding hydrogens is 220 g/mol. The maximum Gasteiger partial charge on any atom is 0.338 e. The fourth-order valence-corrected chi connectivity index (χ4v) is 1.59. The van der Waals surface area contributed by atoms with Gasteiger partial charge in [-0.3, -0.25) is 0 Å². The Morgan fingerprint density at radius 3 is 2.71 bits per heavy atom. The first kappa shape index (κ1) is 11.4. The number of rotatable bonds is 3. The number of methoxy groups -OCH3 is 1. The zero-order valence-corrected chi connectivity index (χ0v) is 9.34. The largest absolute Gasteiger partial charge is 0.465 e. The van der Waals surface area contributed by atoms with Crippen LogP contribution in [0, 0.1) is 0 Å². The van der Waals surface area contributed by atoms with Gasteiger partial charge in [0.25, 0.3) is 0 Å². The molecule has 88 valence electrons. The first-order valence-electron chi connectivity index (χ1n) is 5.13. The van der Waals surface area contributed by atoms with Gasteiger partial charge in [0.2, 0.25) is 0 Å². The highest BCUT2D eigenvalue weighted by Gasteiger charge is 2.14. The second-order valence-corrected chi connectivity index (χ2v) is 3.46. The normalized spacial score (nSPS) is 10.2. The molecule has 0 aliphatic carbocycles. The van der Waals surface area contributed by atoms with Crippen molar-refractivity contribution in [3.05, 3.63) is 47.7 Å². The van der Waals surface area contributed by atoms with E-state index < -0.39 is 5.97 Å². The van der Waals surface area contributed by atoms with Gasteiger partial charge in [-0.2, -0.15) is 0 Å². The van der Waals surface area contributed by atoms with E-state index in [-0.39, 0.29) is 6.61 Å². The molecule has 1 aromatic heterocycles. The number of carbonyl (C=O) groups is 1. The molecule has 0 unspecified atom stereocenters. The van der Waals surface area contributed by atoms with Crippen LogP contribution in [-0.4, -0.2) is 18.2 Å². The number of furan rings is 1. The molecule has 0 spiro atoms. The summed E-state index contributed by atoms with van der Waals surface area (Å²) in [5.74, 6) is 0.581. The van der Waals surface area contributed by atoms with Crippen LogP contribution in [0.3, 0.4) is 0 Å². The molecule has 0 saturated carbocycles. The zero-order valence-electron chi connectivity index (χ0n) is 9.34. The van der Waals surface area contributed by atoms with Crippen molar-refractivity contribution in [2.24, 2.45) is 0 Å². The van der Waals surface area contributed by atoms with Crippen LogP contribution < -0.4 is 0 Å². The number of hydrogen-bond donors (Lipinski definition) is 1. The van der Waals surface area contributed by atoms with E-state index >= 15 is 0 Å².